The molecule has 2 atom stereocenters. The first-order valence-electron chi connectivity index (χ1n) is 23.6. The van der Waals surface area contributed by atoms with Crippen LogP contribution < -0.4 is 11.1 Å². The Hall–Kier alpha value is -7.44. The van der Waals surface area contributed by atoms with E-state index in [4.69, 9.17) is 34.0 Å². The maximum absolute atomic E-state index is 14.9. The molecule has 2 fully saturated rings. The number of nitrogens with two attached hydrogens (primary N) is 1. The van der Waals surface area contributed by atoms with Crippen molar-refractivity contribution in [2.45, 2.75) is 83.8 Å². The number of carboxylic acid groups (broad SMARTS) is 1. The number of amides is 1. The number of aryl methyl sites for hydroxylation is 2. The van der Waals surface area contributed by atoms with E-state index in [1.54, 1.807) is 86.9 Å². The molecule has 0 bridgehead atoms. The first-order valence-corrected chi connectivity index (χ1v) is 24.3. The van der Waals surface area contributed by atoms with E-state index in [1.807, 2.05) is 18.2 Å². The molecule has 384 valence electrons. The summed E-state index contributed by atoms with van der Waals surface area (Å²) in [5.74, 6) is -0.594. The van der Waals surface area contributed by atoms with E-state index in [9.17, 15) is 28.6 Å². The predicted molar refractivity (Wildman–Crippen MR) is 279 cm³/mol. The topological polar surface area (TPSA) is 220 Å². The highest BCUT2D eigenvalue weighted by molar-refractivity contribution is 6.30. The maximum atomic E-state index is 14.9. The number of nitrogens with one attached hydrogen (secondary N) is 1. The number of hydrogen-bond donors (Lipinski definition) is 5. The van der Waals surface area contributed by atoms with Crippen LogP contribution in [0.5, 0.6) is 0 Å². The predicted octanol–water partition coefficient (Wildman–Crippen LogP) is 11.2. The van der Waals surface area contributed by atoms with Gasteiger partial charge in [-0.3, -0.25) is 14.8 Å². The van der Waals surface area contributed by atoms with Gasteiger partial charge in [-0.25, -0.2) is 32.9 Å². The summed E-state index contributed by atoms with van der Waals surface area (Å²) in [6.45, 7) is 3.47. The number of nitrogens with zero attached hydrogens (tertiary/aromatic N) is 8. The van der Waals surface area contributed by atoms with Crippen molar-refractivity contribution in [3.05, 3.63) is 201 Å². The summed E-state index contributed by atoms with van der Waals surface area (Å²) in [6.07, 6.45) is 13.7. The number of nitrogen functional groups attached to an aromatic ring is 1. The molecule has 6 N–H and O–H groups in total. The van der Waals surface area contributed by atoms with Crippen LogP contribution in [-0.4, -0.2) is 66.7 Å². The van der Waals surface area contributed by atoms with Gasteiger partial charge in [0.25, 0.3) is 5.91 Å². The Bertz CT molecular complexity index is 3190. The first kappa shape index (κ1) is 54.3. The molecule has 0 spiro atoms. The molecule has 2 aliphatic rings. The van der Waals surface area contributed by atoms with Crippen molar-refractivity contribution >= 4 is 46.5 Å². The fraction of sp³-hybridized carbons (Fsp3) is 0.273. The molecule has 0 aliphatic heterocycles. The molecular formula is C55H56Cl2F2N10O5. The standard InChI is InChI=1S/C27H25ClFN5O2.C17H19FN2O.C10H8ClN3O2.CH4/c1-17-14-23(34(33-17)25-10-8-20(28)16-31-25)26(35)32-22-15-19(7-9-21(22)29)27(36,12-11-18-5-6-18)24-4-2-3-13-30-24;18-14-7-6-13(11-15(14)19)17(21,9-8-12-4-5-12)16-3-1-2-10-20-16;1-6-4-8(10(15)16)14(13-6)9-3-2-7(11)5-12-9;/h2-4,7-10,13-16,18,36H,5-6,11-12H2,1H3,(H,32,35);1-3,6-7,10-12,21H,4-5,8-9,19H2;2-5H,1H3,(H,15,16);1H4. The number of aliphatic hydroxyl groups is 2. The normalized spacial score (nSPS) is 14.4. The van der Waals surface area contributed by atoms with Crippen molar-refractivity contribution in [1.29, 1.82) is 0 Å². The van der Waals surface area contributed by atoms with Gasteiger partial charge in [-0.15, -0.1) is 0 Å². The zero-order chi connectivity index (χ0) is 51.9. The lowest BCUT2D eigenvalue weighted by Gasteiger charge is -2.29. The molecule has 2 aromatic carbocycles. The zero-order valence-electron chi connectivity index (χ0n) is 39.8. The summed E-state index contributed by atoms with van der Waals surface area (Å²) >= 11 is 11.6. The Morgan fingerprint density at radius 3 is 1.57 bits per heavy atom. The number of aromatic nitrogens is 8. The number of pyridine rings is 4. The van der Waals surface area contributed by atoms with Gasteiger partial charge in [0.2, 0.25) is 0 Å². The fourth-order valence-electron chi connectivity index (χ4n) is 8.21. The first-order chi connectivity index (χ1) is 35.0. The lowest BCUT2D eigenvalue weighted by molar-refractivity contribution is 0.0622. The van der Waals surface area contributed by atoms with Crippen LogP contribution in [0.1, 0.15) is 114 Å². The molecule has 2 unspecified atom stereocenters. The largest absolute Gasteiger partial charge is 0.477 e. The molecule has 74 heavy (non-hydrogen) atoms. The van der Waals surface area contributed by atoms with Crippen molar-refractivity contribution in [2.75, 3.05) is 11.1 Å². The summed E-state index contributed by atoms with van der Waals surface area (Å²) in [6, 6.07) is 29.1. The Labute approximate surface area is 437 Å². The number of carboxylic acids is 1. The van der Waals surface area contributed by atoms with Crippen molar-refractivity contribution in [3.63, 3.8) is 0 Å². The van der Waals surface area contributed by atoms with Crippen LogP contribution in [-0.2, 0) is 11.2 Å². The van der Waals surface area contributed by atoms with Crippen LogP contribution in [0, 0.1) is 37.3 Å². The van der Waals surface area contributed by atoms with Crippen molar-refractivity contribution in [1.82, 2.24) is 39.5 Å². The molecule has 10 rings (SSSR count). The average molecular weight is 1050 g/mol. The SMILES string of the molecule is C.Cc1cc(C(=O)Nc2cc(C(O)(CCC3CC3)c3ccccn3)ccc2F)n(-c2ccc(Cl)cn2)n1.Cc1cc(C(=O)O)n(-c2ccc(Cl)cn2)n1.Nc1cc(C(O)(CCC2CC2)c2ccccn2)ccc1F. The average Bonchev–Trinajstić information content (AvgIpc) is 4.33. The van der Waals surface area contributed by atoms with E-state index in [2.05, 4.69) is 35.5 Å². The Morgan fingerprint density at radius 2 is 1.14 bits per heavy atom. The third-order valence-electron chi connectivity index (χ3n) is 12.5. The van der Waals surface area contributed by atoms with Gasteiger partial charge in [-0.05, 0) is 147 Å². The number of rotatable bonds is 15. The molecule has 2 aliphatic carbocycles. The Kier molecular flexibility index (Phi) is 17.3. The zero-order valence-corrected chi connectivity index (χ0v) is 41.4. The van der Waals surface area contributed by atoms with E-state index >= 15 is 0 Å². The number of benzene rings is 2. The van der Waals surface area contributed by atoms with Gasteiger partial charge in [0, 0.05) is 24.8 Å². The minimum absolute atomic E-state index is 0. The fourth-order valence-corrected chi connectivity index (χ4v) is 8.43. The van der Waals surface area contributed by atoms with Crippen LogP contribution in [0.15, 0.2) is 134 Å². The Balaban J connectivity index is 0.000000178. The second-order valence-electron chi connectivity index (χ2n) is 18.1. The molecule has 0 radical (unpaired) electrons. The molecule has 6 heterocycles. The second-order valence-corrected chi connectivity index (χ2v) is 19.0. The highest BCUT2D eigenvalue weighted by Crippen LogP contribution is 2.42. The molecule has 15 nitrogen and oxygen atoms in total. The Morgan fingerprint density at radius 1 is 0.662 bits per heavy atom. The number of carbonyl (C=O) groups excluding carboxylic acids is 1. The van der Waals surface area contributed by atoms with E-state index in [1.165, 1.54) is 64.9 Å². The van der Waals surface area contributed by atoms with Gasteiger partial charge < -0.3 is 26.4 Å². The number of halogens is 4. The third kappa shape index (κ3) is 13.2. The van der Waals surface area contributed by atoms with E-state index in [0.717, 1.165) is 25.7 Å². The van der Waals surface area contributed by atoms with Gasteiger partial charge in [0.05, 0.1) is 44.2 Å². The van der Waals surface area contributed by atoms with Crippen LogP contribution in [0.25, 0.3) is 11.6 Å². The monoisotopic (exact) mass is 1040 g/mol. The summed E-state index contributed by atoms with van der Waals surface area (Å²) in [7, 11) is 0. The number of aromatic carboxylic acids is 1. The highest BCUT2D eigenvalue weighted by atomic mass is 35.5. The number of carbonyl (C=O) groups is 2. The van der Waals surface area contributed by atoms with Crippen LogP contribution in [0.3, 0.4) is 0 Å². The lowest BCUT2D eigenvalue weighted by atomic mass is 9.84. The molecule has 0 saturated heterocycles. The molecule has 6 aromatic heterocycles. The molecule has 8 aromatic rings. The minimum atomic E-state index is -1.41. The molecule has 2 saturated carbocycles. The van der Waals surface area contributed by atoms with Crippen molar-refractivity contribution in [2.24, 2.45) is 11.8 Å². The molecule has 1 amide bonds. The van der Waals surface area contributed by atoms with E-state index < -0.39 is 34.7 Å². The smallest absolute Gasteiger partial charge is 0.354 e. The number of hydrogen-bond acceptors (Lipinski definition) is 11. The van der Waals surface area contributed by atoms with E-state index in [-0.39, 0.29) is 30.2 Å². The van der Waals surface area contributed by atoms with Crippen LogP contribution in [0.2, 0.25) is 10.0 Å². The maximum Gasteiger partial charge on any atom is 0.354 e. The highest BCUT2D eigenvalue weighted by Gasteiger charge is 2.37. The van der Waals surface area contributed by atoms with E-state index in [0.29, 0.717) is 80.3 Å². The molecule has 19 heteroatoms. The van der Waals surface area contributed by atoms with Gasteiger partial charge >= 0.3 is 5.97 Å². The third-order valence-corrected chi connectivity index (χ3v) is 13.0. The number of anilines is 2. The summed E-state index contributed by atoms with van der Waals surface area (Å²) < 4.78 is 30.9. The van der Waals surface area contributed by atoms with Gasteiger partial charge in [0.1, 0.15) is 28.5 Å². The lowest BCUT2D eigenvalue weighted by Crippen LogP contribution is -2.29. The summed E-state index contributed by atoms with van der Waals surface area (Å²) in [4.78, 5) is 41.1. The van der Waals surface area contributed by atoms with Gasteiger partial charge in [0.15, 0.2) is 17.3 Å². The summed E-state index contributed by atoms with van der Waals surface area (Å²) in [5.41, 5.74) is 6.62. The van der Waals surface area contributed by atoms with Crippen LogP contribution >= 0.6 is 23.2 Å². The van der Waals surface area contributed by atoms with Crippen molar-refractivity contribution in [3.8, 4) is 11.6 Å². The minimum Gasteiger partial charge on any atom is -0.477 e. The summed E-state index contributed by atoms with van der Waals surface area (Å²) in [5, 5.41) is 44.0. The van der Waals surface area contributed by atoms with Crippen molar-refractivity contribution < 1.29 is 33.7 Å². The van der Waals surface area contributed by atoms with Gasteiger partial charge in [-0.1, -0.05) is 80.6 Å². The second kappa shape index (κ2) is 23.6. The van der Waals surface area contributed by atoms with Gasteiger partial charge in [-0.2, -0.15) is 10.2 Å². The molecular weight excluding hydrogens is 990 g/mol. The quantitative estimate of drug-likeness (QED) is 0.0606. The van der Waals surface area contributed by atoms with Crippen LogP contribution in [0.4, 0.5) is 20.2 Å².